The van der Waals surface area contributed by atoms with E-state index in [9.17, 15) is 13.6 Å². The van der Waals surface area contributed by atoms with E-state index in [2.05, 4.69) is 10.3 Å². The van der Waals surface area contributed by atoms with Gasteiger partial charge in [-0.25, -0.2) is 18.7 Å². The van der Waals surface area contributed by atoms with Crippen molar-refractivity contribution in [3.05, 3.63) is 24.5 Å². The van der Waals surface area contributed by atoms with E-state index < -0.39 is 17.9 Å². The van der Waals surface area contributed by atoms with Crippen molar-refractivity contribution in [1.82, 2.24) is 14.5 Å². The minimum Gasteiger partial charge on any atom is -0.483 e. The average molecular weight is 461 g/mol. The third kappa shape index (κ3) is 3.56. The van der Waals surface area contributed by atoms with Crippen molar-refractivity contribution < 1.29 is 23.0 Å². The number of rotatable bonds is 5. The van der Waals surface area contributed by atoms with Gasteiger partial charge in [-0.15, -0.1) is 11.8 Å². The van der Waals surface area contributed by atoms with Crippen LogP contribution in [0.15, 0.2) is 29.6 Å². The summed E-state index contributed by atoms with van der Waals surface area (Å²) in [6.45, 7) is 1.17. The Labute approximate surface area is 187 Å². The maximum atomic E-state index is 14.7. The summed E-state index contributed by atoms with van der Waals surface area (Å²) in [4.78, 5) is 20.5. The van der Waals surface area contributed by atoms with Crippen LogP contribution in [0.4, 0.5) is 14.6 Å². The van der Waals surface area contributed by atoms with Gasteiger partial charge in [-0.05, 0) is 25.2 Å². The van der Waals surface area contributed by atoms with Crippen LogP contribution in [-0.4, -0.2) is 45.3 Å². The van der Waals surface area contributed by atoms with E-state index in [4.69, 9.17) is 14.5 Å². The van der Waals surface area contributed by atoms with Crippen molar-refractivity contribution in [2.45, 2.75) is 36.8 Å². The van der Waals surface area contributed by atoms with Gasteiger partial charge in [0.1, 0.15) is 23.1 Å². The zero-order chi connectivity index (χ0) is 22.6. The molecule has 1 aliphatic heterocycles. The fraction of sp³-hybridized carbons (Fsp3) is 0.409. The van der Waals surface area contributed by atoms with Gasteiger partial charge in [0, 0.05) is 43.1 Å². The van der Waals surface area contributed by atoms with Crippen LogP contribution >= 0.6 is 11.8 Å². The highest BCUT2D eigenvalue weighted by Crippen LogP contribution is 2.50. The summed E-state index contributed by atoms with van der Waals surface area (Å²) in [5, 5.41) is 4.12. The molecule has 0 saturated heterocycles. The molecule has 1 amide bonds. The second-order valence-electron chi connectivity index (χ2n) is 8.13. The quantitative estimate of drug-likeness (QED) is 0.565. The summed E-state index contributed by atoms with van der Waals surface area (Å²) < 4.78 is 42.9. The number of hydrogen-bond acceptors (Lipinski definition) is 6. The van der Waals surface area contributed by atoms with Crippen LogP contribution in [0.3, 0.4) is 0 Å². The molecule has 32 heavy (non-hydrogen) atoms. The Bertz CT molecular complexity index is 1230. The first kappa shape index (κ1) is 21.0. The zero-order valence-electron chi connectivity index (χ0n) is 17.8. The number of aromatic nitrogens is 3. The highest BCUT2D eigenvalue weighted by atomic mass is 32.2. The fourth-order valence-electron chi connectivity index (χ4n) is 3.98. The Morgan fingerprint density at radius 1 is 1.34 bits per heavy atom. The second kappa shape index (κ2) is 7.61. The van der Waals surface area contributed by atoms with Gasteiger partial charge in [-0.2, -0.15) is 0 Å². The largest absolute Gasteiger partial charge is 0.483 e. The number of alkyl halides is 2. The number of nitrogens with one attached hydrogen (secondary N) is 1. The molecule has 168 valence electrons. The molecule has 1 atom stereocenters. The van der Waals surface area contributed by atoms with Gasteiger partial charge in [-0.1, -0.05) is 0 Å². The van der Waals surface area contributed by atoms with E-state index in [1.54, 1.807) is 18.3 Å². The number of carbonyl (C=O) groups excluding carboxylic acids is 1. The molecular weight excluding hydrogens is 438 g/mol. The van der Waals surface area contributed by atoms with Crippen molar-refractivity contribution in [2.75, 3.05) is 18.2 Å². The summed E-state index contributed by atoms with van der Waals surface area (Å²) in [7, 11) is 1.88. The summed E-state index contributed by atoms with van der Waals surface area (Å²) in [6, 6.07) is 3.41. The first-order valence-electron chi connectivity index (χ1n) is 10.3. The van der Waals surface area contributed by atoms with Crippen molar-refractivity contribution in [3.8, 4) is 22.8 Å². The van der Waals surface area contributed by atoms with E-state index in [0.717, 1.165) is 16.5 Å². The molecule has 1 aliphatic carbocycles. The molecule has 7 nitrogen and oxygen atoms in total. The number of aryl methyl sites for hydroxylation is 1. The van der Waals surface area contributed by atoms with Gasteiger partial charge in [-0.3, -0.25) is 4.79 Å². The lowest BCUT2D eigenvalue weighted by Crippen LogP contribution is -2.46. The number of anilines is 1. The molecule has 0 bridgehead atoms. The summed E-state index contributed by atoms with van der Waals surface area (Å²) in [6.07, 6.45) is 5.11. The minimum absolute atomic E-state index is 0.228. The third-order valence-corrected chi connectivity index (χ3v) is 6.39. The van der Waals surface area contributed by atoms with E-state index in [1.165, 1.54) is 18.7 Å². The molecule has 2 aliphatic rings. The van der Waals surface area contributed by atoms with Gasteiger partial charge in [0.15, 0.2) is 17.6 Å². The molecule has 1 saturated carbocycles. The molecule has 3 aromatic heterocycles. The molecule has 1 fully saturated rings. The predicted molar refractivity (Wildman–Crippen MR) is 118 cm³/mol. The second-order valence-corrected chi connectivity index (χ2v) is 8.95. The topological polar surface area (TPSA) is 78.3 Å². The maximum absolute atomic E-state index is 14.7. The SMILES string of the molecule is CSc1cc2c(c(-c3cn(C)c4cnc(NC(C)=O)cc34)n1)OCC(C(F)(F)C1CC1)O2. The number of pyridine rings is 2. The molecule has 5 rings (SSSR count). The van der Waals surface area contributed by atoms with Crippen LogP contribution in [-0.2, 0) is 11.8 Å². The van der Waals surface area contributed by atoms with Crippen molar-refractivity contribution in [3.63, 3.8) is 0 Å². The number of ether oxygens (including phenoxy) is 2. The van der Waals surface area contributed by atoms with E-state index in [-0.39, 0.29) is 18.3 Å². The molecular formula is C22H22F2N4O3S. The Balaban J connectivity index is 1.62. The first-order chi connectivity index (χ1) is 15.3. The van der Waals surface area contributed by atoms with Crippen LogP contribution in [0.2, 0.25) is 0 Å². The lowest BCUT2D eigenvalue weighted by Gasteiger charge is -2.32. The van der Waals surface area contributed by atoms with Gasteiger partial charge in [0.2, 0.25) is 5.91 Å². The standard InChI is InChI=1S/C22H22F2N4O3S/c1-11(29)26-18-6-13-14(9-28(2)15(13)8-25-18)20-21-16(7-19(27-20)32-3)31-17(10-30-21)22(23,24)12-4-5-12/h6-9,12,17H,4-5,10H2,1-3H3,(H,25,26,29). The predicted octanol–water partition coefficient (Wildman–Crippen LogP) is 4.50. The van der Waals surface area contributed by atoms with E-state index >= 15 is 0 Å². The normalized spacial score (nSPS) is 18.1. The highest BCUT2D eigenvalue weighted by molar-refractivity contribution is 7.98. The molecule has 10 heteroatoms. The Morgan fingerprint density at radius 2 is 2.12 bits per heavy atom. The summed E-state index contributed by atoms with van der Waals surface area (Å²) in [5.41, 5.74) is 2.07. The molecule has 0 radical (unpaired) electrons. The molecule has 4 heterocycles. The summed E-state index contributed by atoms with van der Waals surface area (Å²) >= 11 is 1.39. The fourth-order valence-corrected chi connectivity index (χ4v) is 4.39. The maximum Gasteiger partial charge on any atom is 0.290 e. The third-order valence-electron chi connectivity index (χ3n) is 5.76. The van der Waals surface area contributed by atoms with Crippen LogP contribution in [0.5, 0.6) is 11.5 Å². The minimum atomic E-state index is -2.93. The Hall–Kier alpha value is -2.88. The van der Waals surface area contributed by atoms with Crippen molar-refractivity contribution in [2.24, 2.45) is 13.0 Å². The number of carbonyl (C=O) groups is 1. The number of hydrogen-bond donors (Lipinski definition) is 1. The van der Waals surface area contributed by atoms with E-state index in [1.807, 2.05) is 24.1 Å². The Kier molecular flexibility index (Phi) is 4.99. The molecule has 0 aromatic carbocycles. The lowest BCUT2D eigenvalue weighted by molar-refractivity contribution is -0.133. The number of amides is 1. The number of fused-ring (bicyclic) bond motifs is 2. The summed E-state index contributed by atoms with van der Waals surface area (Å²) in [5.74, 6) is -2.78. The average Bonchev–Trinajstić information content (AvgIpc) is 3.57. The van der Waals surface area contributed by atoms with Crippen LogP contribution in [0.1, 0.15) is 19.8 Å². The van der Waals surface area contributed by atoms with E-state index in [0.29, 0.717) is 35.1 Å². The van der Waals surface area contributed by atoms with Crippen LogP contribution < -0.4 is 14.8 Å². The van der Waals surface area contributed by atoms with Crippen molar-refractivity contribution >= 4 is 34.4 Å². The first-order valence-corrected chi connectivity index (χ1v) is 11.5. The smallest absolute Gasteiger partial charge is 0.290 e. The molecule has 0 spiro atoms. The number of nitrogens with zero attached hydrogens (tertiary/aromatic N) is 3. The molecule has 3 aromatic rings. The van der Waals surface area contributed by atoms with Crippen molar-refractivity contribution in [1.29, 1.82) is 0 Å². The van der Waals surface area contributed by atoms with Crippen LogP contribution in [0.25, 0.3) is 22.2 Å². The number of halogens is 2. The van der Waals surface area contributed by atoms with Gasteiger partial charge in [0.25, 0.3) is 5.92 Å². The number of thioether (sulfide) groups is 1. The van der Waals surface area contributed by atoms with Gasteiger partial charge in [0.05, 0.1) is 11.7 Å². The lowest BCUT2D eigenvalue weighted by atomic mass is 10.1. The zero-order valence-corrected chi connectivity index (χ0v) is 18.6. The monoisotopic (exact) mass is 460 g/mol. The molecule has 1 unspecified atom stereocenters. The van der Waals surface area contributed by atoms with Gasteiger partial charge < -0.3 is 19.4 Å². The van der Waals surface area contributed by atoms with Gasteiger partial charge >= 0.3 is 0 Å². The highest BCUT2D eigenvalue weighted by Gasteiger charge is 2.55. The Morgan fingerprint density at radius 3 is 2.81 bits per heavy atom. The molecule has 1 N–H and O–H groups in total. The van der Waals surface area contributed by atoms with Crippen LogP contribution in [0, 0.1) is 5.92 Å².